The zero-order valence-corrected chi connectivity index (χ0v) is 12.4. The molecule has 1 unspecified atom stereocenters. The Labute approximate surface area is 116 Å². The SMILES string of the molecule is CC(C)(C)C(CCNC(=O)C1CCC1)CCC(=O)O. The lowest BCUT2D eigenvalue weighted by molar-refractivity contribution is -0.137. The quantitative estimate of drug-likeness (QED) is 0.747. The van der Waals surface area contributed by atoms with Gasteiger partial charge in [0.05, 0.1) is 0 Å². The van der Waals surface area contributed by atoms with Gasteiger partial charge in [-0.15, -0.1) is 0 Å². The molecule has 1 fully saturated rings. The first kappa shape index (κ1) is 16.0. The first-order valence-electron chi connectivity index (χ1n) is 7.30. The van der Waals surface area contributed by atoms with Crippen LogP contribution in [0, 0.1) is 17.3 Å². The summed E-state index contributed by atoms with van der Waals surface area (Å²) in [4.78, 5) is 22.4. The second-order valence-electron chi connectivity index (χ2n) is 6.70. The van der Waals surface area contributed by atoms with E-state index in [1.165, 1.54) is 6.42 Å². The van der Waals surface area contributed by atoms with Crippen molar-refractivity contribution in [2.45, 2.75) is 59.3 Å². The molecule has 0 bridgehead atoms. The molecule has 1 atom stereocenters. The molecule has 0 aromatic rings. The maximum Gasteiger partial charge on any atom is 0.303 e. The van der Waals surface area contributed by atoms with Gasteiger partial charge >= 0.3 is 5.97 Å². The Hall–Kier alpha value is -1.06. The van der Waals surface area contributed by atoms with Crippen LogP contribution in [0.1, 0.15) is 59.3 Å². The third-order valence-corrected chi connectivity index (χ3v) is 4.20. The monoisotopic (exact) mass is 269 g/mol. The molecule has 1 rings (SSSR count). The molecule has 1 aliphatic carbocycles. The Morgan fingerprint density at radius 2 is 1.89 bits per heavy atom. The fraction of sp³-hybridized carbons (Fsp3) is 0.867. The summed E-state index contributed by atoms with van der Waals surface area (Å²) in [6.45, 7) is 7.06. The summed E-state index contributed by atoms with van der Waals surface area (Å²) >= 11 is 0. The van der Waals surface area contributed by atoms with E-state index in [-0.39, 0.29) is 23.7 Å². The van der Waals surface area contributed by atoms with Crippen molar-refractivity contribution < 1.29 is 14.7 Å². The van der Waals surface area contributed by atoms with Crippen LogP contribution in [-0.4, -0.2) is 23.5 Å². The number of amides is 1. The van der Waals surface area contributed by atoms with E-state index in [1.54, 1.807) is 0 Å². The van der Waals surface area contributed by atoms with Crippen LogP contribution in [0.3, 0.4) is 0 Å². The van der Waals surface area contributed by atoms with Crippen LogP contribution in [-0.2, 0) is 9.59 Å². The van der Waals surface area contributed by atoms with E-state index in [0.29, 0.717) is 18.9 Å². The van der Waals surface area contributed by atoms with E-state index in [1.807, 2.05) is 0 Å². The number of hydrogen-bond donors (Lipinski definition) is 2. The zero-order valence-electron chi connectivity index (χ0n) is 12.4. The molecule has 0 aromatic carbocycles. The van der Waals surface area contributed by atoms with Gasteiger partial charge in [-0.1, -0.05) is 27.2 Å². The summed E-state index contributed by atoms with van der Waals surface area (Å²) in [7, 11) is 0. The van der Waals surface area contributed by atoms with Gasteiger partial charge < -0.3 is 10.4 Å². The van der Waals surface area contributed by atoms with Gasteiger partial charge in [-0.3, -0.25) is 9.59 Å². The number of carbonyl (C=O) groups is 2. The van der Waals surface area contributed by atoms with Crippen LogP contribution in [0.25, 0.3) is 0 Å². The van der Waals surface area contributed by atoms with Gasteiger partial charge in [0.25, 0.3) is 0 Å². The molecule has 0 saturated heterocycles. The van der Waals surface area contributed by atoms with Gasteiger partial charge in [0.2, 0.25) is 5.91 Å². The molecule has 0 heterocycles. The Morgan fingerprint density at radius 3 is 2.32 bits per heavy atom. The molecule has 1 aliphatic rings. The number of aliphatic carboxylic acids is 1. The van der Waals surface area contributed by atoms with E-state index in [4.69, 9.17) is 5.11 Å². The van der Waals surface area contributed by atoms with Crippen molar-refractivity contribution in [1.82, 2.24) is 5.32 Å². The number of carboxylic acid groups (broad SMARTS) is 1. The van der Waals surface area contributed by atoms with Crippen LogP contribution in [0.15, 0.2) is 0 Å². The summed E-state index contributed by atoms with van der Waals surface area (Å²) < 4.78 is 0. The first-order valence-corrected chi connectivity index (χ1v) is 7.30. The average Bonchev–Trinajstić information content (AvgIpc) is 2.18. The van der Waals surface area contributed by atoms with Crippen molar-refractivity contribution in [3.05, 3.63) is 0 Å². The minimum Gasteiger partial charge on any atom is -0.481 e. The highest BCUT2D eigenvalue weighted by molar-refractivity contribution is 5.79. The van der Waals surface area contributed by atoms with E-state index in [9.17, 15) is 9.59 Å². The third-order valence-electron chi connectivity index (χ3n) is 4.20. The first-order chi connectivity index (χ1) is 8.80. The van der Waals surface area contributed by atoms with Crippen molar-refractivity contribution in [2.75, 3.05) is 6.54 Å². The molecule has 1 saturated carbocycles. The summed E-state index contributed by atoms with van der Waals surface area (Å²) in [6.07, 6.45) is 4.95. The van der Waals surface area contributed by atoms with Crippen LogP contribution >= 0.6 is 0 Å². The molecule has 1 amide bonds. The molecule has 4 heteroatoms. The van der Waals surface area contributed by atoms with E-state index < -0.39 is 5.97 Å². The summed E-state index contributed by atoms with van der Waals surface area (Å²) in [5.41, 5.74) is 0.0800. The number of rotatable bonds is 7. The smallest absolute Gasteiger partial charge is 0.303 e. The molecule has 0 radical (unpaired) electrons. The predicted molar refractivity (Wildman–Crippen MR) is 74.8 cm³/mol. The Morgan fingerprint density at radius 1 is 1.26 bits per heavy atom. The Kier molecular flexibility index (Phi) is 5.83. The standard InChI is InChI=1S/C15H27NO3/c1-15(2,3)12(7-8-13(17)18)9-10-16-14(19)11-5-4-6-11/h11-12H,4-10H2,1-3H3,(H,16,19)(H,17,18). The highest BCUT2D eigenvalue weighted by Crippen LogP contribution is 2.32. The number of hydrogen-bond acceptors (Lipinski definition) is 2. The lowest BCUT2D eigenvalue weighted by atomic mass is 9.76. The Balaban J connectivity index is 2.31. The maximum absolute atomic E-state index is 11.7. The molecule has 110 valence electrons. The maximum atomic E-state index is 11.7. The minimum absolute atomic E-state index is 0.0800. The molecular formula is C15H27NO3. The molecule has 0 aromatic heterocycles. The summed E-state index contributed by atoms with van der Waals surface area (Å²) in [6, 6.07) is 0. The molecule has 2 N–H and O–H groups in total. The van der Waals surface area contributed by atoms with Crippen molar-refractivity contribution in [3.63, 3.8) is 0 Å². The van der Waals surface area contributed by atoms with Gasteiger partial charge in [0.15, 0.2) is 0 Å². The predicted octanol–water partition coefficient (Wildman–Crippen LogP) is 2.82. The Bertz CT molecular complexity index is 316. The topological polar surface area (TPSA) is 66.4 Å². The normalized spacial score (nSPS) is 17.6. The van der Waals surface area contributed by atoms with E-state index >= 15 is 0 Å². The van der Waals surface area contributed by atoms with Crippen LogP contribution in [0.2, 0.25) is 0 Å². The van der Waals surface area contributed by atoms with Crippen molar-refractivity contribution in [2.24, 2.45) is 17.3 Å². The van der Waals surface area contributed by atoms with E-state index in [2.05, 4.69) is 26.1 Å². The van der Waals surface area contributed by atoms with Crippen molar-refractivity contribution in [3.8, 4) is 0 Å². The highest BCUT2D eigenvalue weighted by Gasteiger charge is 2.27. The van der Waals surface area contributed by atoms with Gasteiger partial charge in [-0.05, 0) is 37.0 Å². The van der Waals surface area contributed by atoms with Gasteiger partial charge in [-0.2, -0.15) is 0 Å². The highest BCUT2D eigenvalue weighted by atomic mass is 16.4. The van der Waals surface area contributed by atoms with Crippen molar-refractivity contribution >= 4 is 11.9 Å². The van der Waals surface area contributed by atoms with E-state index in [0.717, 1.165) is 19.3 Å². The molecular weight excluding hydrogens is 242 g/mol. The molecule has 4 nitrogen and oxygen atoms in total. The second kappa shape index (κ2) is 6.92. The number of carbonyl (C=O) groups excluding carboxylic acids is 1. The fourth-order valence-corrected chi connectivity index (χ4v) is 2.49. The largest absolute Gasteiger partial charge is 0.481 e. The van der Waals surface area contributed by atoms with Crippen LogP contribution in [0.4, 0.5) is 0 Å². The summed E-state index contributed by atoms with van der Waals surface area (Å²) in [5, 5.41) is 11.8. The van der Waals surface area contributed by atoms with Gasteiger partial charge in [-0.25, -0.2) is 0 Å². The average molecular weight is 269 g/mol. The second-order valence-corrected chi connectivity index (χ2v) is 6.70. The number of carboxylic acids is 1. The van der Waals surface area contributed by atoms with Crippen LogP contribution in [0.5, 0.6) is 0 Å². The molecule has 0 spiro atoms. The number of nitrogens with one attached hydrogen (secondary N) is 1. The third kappa shape index (κ3) is 5.62. The van der Waals surface area contributed by atoms with Crippen molar-refractivity contribution in [1.29, 1.82) is 0 Å². The zero-order chi connectivity index (χ0) is 14.5. The van der Waals surface area contributed by atoms with Crippen LogP contribution < -0.4 is 5.32 Å². The lowest BCUT2D eigenvalue weighted by Gasteiger charge is -2.31. The summed E-state index contributed by atoms with van der Waals surface area (Å²) in [5.74, 6) is -0.0118. The molecule has 19 heavy (non-hydrogen) atoms. The van der Waals surface area contributed by atoms with Gasteiger partial charge in [0, 0.05) is 18.9 Å². The minimum atomic E-state index is -0.743. The fourth-order valence-electron chi connectivity index (χ4n) is 2.49. The lowest BCUT2D eigenvalue weighted by Crippen LogP contribution is -2.36. The molecule has 0 aliphatic heterocycles. The van der Waals surface area contributed by atoms with Gasteiger partial charge in [0.1, 0.15) is 0 Å².